The van der Waals surface area contributed by atoms with E-state index in [0.29, 0.717) is 11.4 Å². The van der Waals surface area contributed by atoms with Crippen LogP contribution in [-0.2, 0) is 4.79 Å². The number of amides is 1. The summed E-state index contributed by atoms with van der Waals surface area (Å²) in [7, 11) is 0. The SMILES string of the molecule is Cc1ccc(C(=O)[C@@H]2CC(=O)Nc3c2c(C)nn3-c2cccc(C)c2C)c(C)c1. The largest absolute Gasteiger partial charge is 0.310 e. The number of nitrogens with one attached hydrogen (secondary N) is 1. The zero-order valence-corrected chi connectivity index (χ0v) is 17.5. The van der Waals surface area contributed by atoms with Crippen molar-refractivity contribution in [1.29, 1.82) is 0 Å². The summed E-state index contributed by atoms with van der Waals surface area (Å²) in [6.07, 6.45) is 0.137. The molecular formula is C24H25N3O2. The third-order valence-electron chi connectivity index (χ3n) is 5.87. The van der Waals surface area contributed by atoms with E-state index in [0.717, 1.165) is 39.2 Å². The number of hydrogen-bond donors (Lipinski definition) is 1. The van der Waals surface area contributed by atoms with Crippen LogP contribution in [0.15, 0.2) is 36.4 Å². The van der Waals surface area contributed by atoms with Crippen molar-refractivity contribution in [2.75, 3.05) is 5.32 Å². The van der Waals surface area contributed by atoms with Gasteiger partial charge in [-0.25, -0.2) is 4.68 Å². The Balaban J connectivity index is 1.86. The zero-order chi connectivity index (χ0) is 20.9. The average molecular weight is 387 g/mol. The highest BCUT2D eigenvalue weighted by atomic mass is 16.2. The molecule has 0 saturated heterocycles. The number of fused-ring (bicyclic) bond motifs is 1. The first-order valence-corrected chi connectivity index (χ1v) is 9.85. The Labute approximate surface area is 170 Å². The highest BCUT2D eigenvalue weighted by molar-refractivity contribution is 6.08. The van der Waals surface area contributed by atoms with E-state index in [1.165, 1.54) is 0 Å². The average Bonchev–Trinajstić information content (AvgIpc) is 2.99. The van der Waals surface area contributed by atoms with Gasteiger partial charge in [0.15, 0.2) is 5.78 Å². The molecule has 1 aromatic heterocycles. The number of carbonyl (C=O) groups is 2. The van der Waals surface area contributed by atoms with Crippen LogP contribution in [0.25, 0.3) is 5.69 Å². The van der Waals surface area contributed by atoms with Crippen molar-refractivity contribution in [3.8, 4) is 5.69 Å². The summed E-state index contributed by atoms with van der Waals surface area (Å²) in [5, 5.41) is 7.68. The molecule has 0 saturated carbocycles. The van der Waals surface area contributed by atoms with Crippen molar-refractivity contribution in [2.45, 2.75) is 47.0 Å². The maximum absolute atomic E-state index is 13.4. The normalized spacial score (nSPS) is 15.8. The number of rotatable bonds is 3. The van der Waals surface area contributed by atoms with Gasteiger partial charge in [-0.05, 0) is 57.4 Å². The maximum Gasteiger partial charge on any atom is 0.226 e. The van der Waals surface area contributed by atoms with Crippen molar-refractivity contribution < 1.29 is 9.59 Å². The van der Waals surface area contributed by atoms with Gasteiger partial charge in [-0.15, -0.1) is 0 Å². The summed E-state index contributed by atoms with van der Waals surface area (Å²) < 4.78 is 1.77. The molecule has 29 heavy (non-hydrogen) atoms. The number of hydrogen-bond acceptors (Lipinski definition) is 3. The molecule has 1 atom stereocenters. The lowest BCUT2D eigenvalue weighted by Gasteiger charge is -2.24. The molecule has 1 N–H and O–H groups in total. The van der Waals surface area contributed by atoms with Crippen LogP contribution in [0, 0.1) is 34.6 Å². The van der Waals surface area contributed by atoms with E-state index in [-0.39, 0.29) is 18.1 Å². The van der Waals surface area contributed by atoms with Gasteiger partial charge < -0.3 is 5.32 Å². The Morgan fingerprint density at radius 2 is 1.83 bits per heavy atom. The standard InChI is InChI=1S/C24H25N3O2/c1-13-9-10-18(15(3)11-13)23(29)19-12-21(28)25-24-22(19)17(5)26-27(24)20-8-6-7-14(2)16(20)4/h6-11,19H,12H2,1-5H3,(H,25,28)/t19-/m1/s1. The number of benzene rings is 2. The van der Waals surface area contributed by atoms with Gasteiger partial charge >= 0.3 is 0 Å². The summed E-state index contributed by atoms with van der Waals surface area (Å²) in [5.74, 6) is -0.108. The number of aromatic nitrogens is 2. The number of nitrogens with zero attached hydrogens (tertiary/aromatic N) is 2. The van der Waals surface area contributed by atoms with E-state index >= 15 is 0 Å². The molecule has 0 fully saturated rings. The smallest absolute Gasteiger partial charge is 0.226 e. The van der Waals surface area contributed by atoms with Crippen molar-refractivity contribution in [2.24, 2.45) is 0 Å². The van der Waals surface area contributed by atoms with Gasteiger partial charge in [0.25, 0.3) is 0 Å². The van der Waals surface area contributed by atoms with E-state index in [1.807, 2.05) is 71.0 Å². The number of anilines is 1. The van der Waals surface area contributed by atoms with Crippen LogP contribution in [0.2, 0.25) is 0 Å². The molecule has 2 aromatic carbocycles. The number of carbonyl (C=O) groups excluding carboxylic acids is 2. The van der Waals surface area contributed by atoms with Gasteiger partial charge in [-0.2, -0.15) is 5.10 Å². The third kappa shape index (κ3) is 3.16. The molecule has 4 rings (SSSR count). The first kappa shape index (κ1) is 19.1. The minimum Gasteiger partial charge on any atom is -0.310 e. The lowest BCUT2D eigenvalue weighted by Crippen LogP contribution is -2.29. The van der Waals surface area contributed by atoms with Gasteiger partial charge in [-0.3, -0.25) is 9.59 Å². The van der Waals surface area contributed by atoms with Crippen LogP contribution in [-0.4, -0.2) is 21.5 Å². The third-order valence-corrected chi connectivity index (χ3v) is 5.87. The second-order valence-electron chi connectivity index (χ2n) is 7.97. The van der Waals surface area contributed by atoms with Gasteiger partial charge in [0, 0.05) is 17.5 Å². The highest BCUT2D eigenvalue weighted by Gasteiger charge is 2.36. The van der Waals surface area contributed by atoms with E-state index in [4.69, 9.17) is 5.10 Å². The van der Waals surface area contributed by atoms with Crippen LogP contribution >= 0.6 is 0 Å². The van der Waals surface area contributed by atoms with E-state index in [1.54, 1.807) is 4.68 Å². The van der Waals surface area contributed by atoms with E-state index in [2.05, 4.69) is 5.32 Å². The van der Waals surface area contributed by atoms with Gasteiger partial charge in [0.2, 0.25) is 5.91 Å². The van der Waals surface area contributed by atoms with Crippen molar-refractivity contribution >= 4 is 17.5 Å². The van der Waals surface area contributed by atoms with Crippen LogP contribution < -0.4 is 5.32 Å². The Morgan fingerprint density at radius 3 is 2.55 bits per heavy atom. The molecule has 1 amide bonds. The monoisotopic (exact) mass is 387 g/mol. The Hall–Kier alpha value is -3.21. The Bertz CT molecular complexity index is 1160. The summed E-state index contributed by atoms with van der Waals surface area (Å²) in [6.45, 7) is 9.94. The summed E-state index contributed by atoms with van der Waals surface area (Å²) in [4.78, 5) is 26.0. The second kappa shape index (κ2) is 6.99. The van der Waals surface area contributed by atoms with Crippen LogP contribution in [0.4, 0.5) is 5.82 Å². The minimum absolute atomic E-state index is 0.0257. The van der Waals surface area contributed by atoms with Gasteiger partial charge in [0.05, 0.1) is 17.3 Å². The second-order valence-corrected chi connectivity index (χ2v) is 7.97. The number of Topliss-reactive ketones (excluding diaryl/α,β-unsaturated/α-hetero) is 1. The van der Waals surface area contributed by atoms with Crippen molar-refractivity contribution in [3.63, 3.8) is 0 Å². The van der Waals surface area contributed by atoms with Crippen LogP contribution in [0.3, 0.4) is 0 Å². The number of aryl methyl sites for hydroxylation is 4. The predicted octanol–water partition coefficient (Wildman–Crippen LogP) is 4.72. The molecule has 3 aromatic rings. The first-order chi connectivity index (χ1) is 13.8. The summed E-state index contributed by atoms with van der Waals surface area (Å²) >= 11 is 0. The molecule has 0 spiro atoms. The lowest BCUT2D eigenvalue weighted by molar-refractivity contribution is -0.116. The molecule has 0 bridgehead atoms. The van der Waals surface area contributed by atoms with E-state index in [9.17, 15) is 9.59 Å². The van der Waals surface area contributed by atoms with Crippen LogP contribution in [0.1, 0.15) is 56.2 Å². The van der Waals surface area contributed by atoms with E-state index < -0.39 is 5.92 Å². The van der Waals surface area contributed by atoms with Gasteiger partial charge in [0.1, 0.15) is 5.82 Å². The first-order valence-electron chi connectivity index (χ1n) is 9.85. The fraction of sp³-hybridized carbons (Fsp3) is 0.292. The molecule has 0 radical (unpaired) electrons. The molecule has 1 aliphatic rings. The maximum atomic E-state index is 13.4. The zero-order valence-electron chi connectivity index (χ0n) is 17.5. The minimum atomic E-state index is -0.529. The quantitative estimate of drug-likeness (QED) is 0.661. The summed E-state index contributed by atoms with van der Waals surface area (Å²) in [5.41, 5.74) is 7.44. The lowest BCUT2D eigenvalue weighted by atomic mass is 9.84. The molecule has 0 aliphatic carbocycles. The number of ketones is 1. The molecule has 1 aliphatic heterocycles. The molecule has 148 valence electrons. The fourth-order valence-electron chi connectivity index (χ4n) is 4.19. The molecule has 5 nitrogen and oxygen atoms in total. The Kier molecular flexibility index (Phi) is 4.61. The van der Waals surface area contributed by atoms with Crippen molar-refractivity contribution in [1.82, 2.24) is 9.78 Å². The van der Waals surface area contributed by atoms with Crippen molar-refractivity contribution in [3.05, 3.63) is 75.5 Å². The summed E-state index contributed by atoms with van der Waals surface area (Å²) in [6, 6.07) is 11.8. The molecule has 2 heterocycles. The fourth-order valence-corrected chi connectivity index (χ4v) is 4.19. The van der Waals surface area contributed by atoms with Crippen LogP contribution in [0.5, 0.6) is 0 Å². The molecule has 5 heteroatoms. The topological polar surface area (TPSA) is 64.0 Å². The predicted molar refractivity (Wildman–Crippen MR) is 114 cm³/mol. The van der Waals surface area contributed by atoms with Gasteiger partial charge in [-0.1, -0.05) is 35.9 Å². The highest BCUT2D eigenvalue weighted by Crippen LogP contribution is 2.39. The molecule has 0 unspecified atom stereocenters. The molecular weight excluding hydrogens is 362 g/mol. The Morgan fingerprint density at radius 1 is 1.07 bits per heavy atom.